The Morgan fingerprint density at radius 3 is 3.16 bits per heavy atom. The Kier molecular flexibility index (Phi) is 3.53. The van der Waals surface area contributed by atoms with E-state index in [0.29, 0.717) is 0 Å². The Morgan fingerprint density at radius 1 is 1.47 bits per heavy atom. The van der Waals surface area contributed by atoms with E-state index in [1.165, 1.54) is 5.56 Å². The topological polar surface area (TPSA) is 48.1 Å². The third kappa shape index (κ3) is 2.65. The lowest BCUT2D eigenvalue weighted by atomic mass is 9.96. The second-order valence-corrected chi connectivity index (χ2v) is 6.02. The summed E-state index contributed by atoms with van der Waals surface area (Å²) in [6, 6.07) is 6.25. The summed E-state index contributed by atoms with van der Waals surface area (Å²) in [5.41, 5.74) is 9.82. The van der Waals surface area contributed by atoms with Crippen LogP contribution in [0.15, 0.2) is 23.6 Å². The summed E-state index contributed by atoms with van der Waals surface area (Å²) in [7, 11) is 0. The Morgan fingerprint density at radius 2 is 2.37 bits per heavy atom. The van der Waals surface area contributed by atoms with Crippen LogP contribution >= 0.6 is 11.3 Å². The molecule has 0 radical (unpaired) electrons. The van der Waals surface area contributed by atoms with Gasteiger partial charge in [-0.2, -0.15) is 0 Å². The van der Waals surface area contributed by atoms with Gasteiger partial charge in [0, 0.05) is 23.4 Å². The number of nitrogens with two attached hydrogens (primary N) is 1. The highest BCUT2D eigenvalue weighted by Gasteiger charge is 2.19. The molecule has 0 saturated carbocycles. The van der Waals surface area contributed by atoms with E-state index in [1.54, 1.807) is 11.3 Å². The lowest BCUT2D eigenvalue weighted by molar-refractivity contribution is 0.283. The van der Waals surface area contributed by atoms with Crippen molar-refractivity contribution in [1.29, 1.82) is 0 Å². The first-order valence-corrected chi connectivity index (χ1v) is 7.53. The van der Waals surface area contributed by atoms with Crippen LogP contribution in [-0.4, -0.2) is 11.6 Å². The average molecular weight is 274 g/mol. The van der Waals surface area contributed by atoms with Gasteiger partial charge in [0.2, 0.25) is 0 Å². The number of nitrogens with zero attached hydrogens (tertiary/aromatic N) is 1. The van der Waals surface area contributed by atoms with Crippen LogP contribution in [0, 0.1) is 6.92 Å². The molecule has 1 aromatic heterocycles. The van der Waals surface area contributed by atoms with E-state index < -0.39 is 0 Å². The summed E-state index contributed by atoms with van der Waals surface area (Å²) >= 11 is 1.67. The molecule has 0 spiro atoms. The first-order valence-electron chi connectivity index (χ1n) is 6.65. The number of hydrogen-bond donors (Lipinski definition) is 1. The van der Waals surface area contributed by atoms with E-state index in [-0.39, 0.29) is 6.04 Å². The smallest absolute Gasteiger partial charge is 0.127 e. The van der Waals surface area contributed by atoms with Gasteiger partial charge in [0.15, 0.2) is 0 Å². The van der Waals surface area contributed by atoms with Crippen molar-refractivity contribution in [3.63, 3.8) is 0 Å². The molecule has 0 saturated heterocycles. The largest absolute Gasteiger partial charge is 0.493 e. The van der Waals surface area contributed by atoms with Crippen LogP contribution in [0.2, 0.25) is 0 Å². The first-order chi connectivity index (χ1) is 9.24. The van der Waals surface area contributed by atoms with Crippen molar-refractivity contribution in [2.24, 2.45) is 5.73 Å². The van der Waals surface area contributed by atoms with Gasteiger partial charge in [-0.05, 0) is 25.3 Å². The molecule has 0 amide bonds. The van der Waals surface area contributed by atoms with Crippen molar-refractivity contribution in [2.45, 2.75) is 32.2 Å². The maximum Gasteiger partial charge on any atom is 0.127 e. The summed E-state index contributed by atoms with van der Waals surface area (Å²) in [4.78, 5) is 4.49. The molecule has 2 heterocycles. The zero-order valence-corrected chi connectivity index (χ0v) is 11.9. The molecule has 3 rings (SSSR count). The van der Waals surface area contributed by atoms with Gasteiger partial charge < -0.3 is 10.5 Å². The van der Waals surface area contributed by atoms with Gasteiger partial charge in [-0.1, -0.05) is 18.2 Å². The molecule has 0 aliphatic carbocycles. The maximum atomic E-state index is 6.34. The van der Waals surface area contributed by atoms with E-state index in [1.807, 2.05) is 6.92 Å². The second kappa shape index (κ2) is 5.31. The van der Waals surface area contributed by atoms with Gasteiger partial charge in [-0.3, -0.25) is 0 Å². The Hall–Kier alpha value is -1.39. The summed E-state index contributed by atoms with van der Waals surface area (Å²) in [5.74, 6) is 1.01. The van der Waals surface area contributed by atoms with Gasteiger partial charge in [0.1, 0.15) is 5.75 Å². The van der Waals surface area contributed by atoms with Crippen LogP contribution in [-0.2, 0) is 12.8 Å². The van der Waals surface area contributed by atoms with E-state index in [9.17, 15) is 0 Å². The van der Waals surface area contributed by atoms with Crippen molar-refractivity contribution in [3.8, 4) is 5.75 Å². The fourth-order valence-electron chi connectivity index (χ4n) is 2.54. The van der Waals surface area contributed by atoms with Gasteiger partial charge in [0.05, 0.1) is 17.3 Å². The molecule has 1 aromatic carbocycles. The van der Waals surface area contributed by atoms with Crippen LogP contribution in [0.4, 0.5) is 0 Å². The SMILES string of the molecule is Cc1nc(CC(N)c2cccc3c2OCCC3)cs1. The summed E-state index contributed by atoms with van der Waals surface area (Å²) in [6.07, 6.45) is 2.95. The Bertz CT molecular complexity index is 579. The zero-order chi connectivity index (χ0) is 13.2. The molecule has 2 aromatic rings. The second-order valence-electron chi connectivity index (χ2n) is 4.96. The zero-order valence-electron chi connectivity index (χ0n) is 11.1. The van der Waals surface area contributed by atoms with E-state index in [4.69, 9.17) is 10.5 Å². The minimum atomic E-state index is -0.0467. The molecule has 1 atom stereocenters. The van der Waals surface area contributed by atoms with Crippen molar-refractivity contribution in [3.05, 3.63) is 45.4 Å². The fraction of sp³-hybridized carbons (Fsp3) is 0.400. The number of thiazole rings is 1. The van der Waals surface area contributed by atoms with Crippen molar-refractivity contribution in [1.82, 2.24) is 4.98 Å². The van der Waals surface area contributed by atoms with Gasteiger partial charge in [-0.15, -0.1) is 11.3 Å². The van der Waals surface area contributed by atoms with Crippen LogP contribution in [0.3, 0.4) is 0 Å². The van der Waals surface area contributed by atoms with Gasteiger partial charge in [0.25, 0.3) is 0 Å². The number of ether oxygens (including phenoxy) is 1. The highest BCUT2D eigenvalue weighted by molar-refractivity contribution is 7.09. The molecule has 100 valence electrons. The number of hydrogen-bond acceptors (Lipinski definition) is 4. The molecule has 3 nitrogen and oxygen atoms in total. The number of benzene rings is 1. The minimum Gasteiger partial charge on any atom is -0.493 e. The molecule has 4 heteroatoms. The number of aryl methyl sites for hydroxylation is 2. The summed E-state index contributed by atoms with van der Waals surface area (Å²) in [5, 5.41) is 3.18. The molecule has 1 unspecified atom stereocenters. The molecular weight excluding hydrogens is 256 g/mol. The van der Waals surface area contributed by atoms with Crippen LogP contribution in [0.5, 0.6) is 5.75 Å². The van der Waals surface area contributed by atoms with Crippen molar-refractivity contribution in [2.75, 3.05) is 6.61 Å². The number of aromatic nitrogens is 1. The van der Waals surface area contributed by atoms with E-state index >= 15 is 0 Å². The van der Waals surface area contributed by atoms with E-state index in [2.05, 4.69) is 28.6 Å². The molecular formula is C15H18N2OS. The molecule has 0 bridgehead atoms. The third-order valence-corrected chi connectivity index (χ3v) is 4.28. The molecule has 2 N–H and O–H groups in total. The molecule has 1 aliphatic rings. The van der Waals surface area contributed by atoms with Crippen LogP contribution in [0.1, 0.15) is 34.3 Å². The highest BCUT2D eigenvalue weighted by atomic mass is 32.1. The normalized spacial score (nSPS) is 15.7. The monoisotopic (exact) mass is 274 g/mol. The Labute approximate surface area is 117 Å². The lowest BCUT2D eigenvalue weighted by Crippen LogP contribution is -2.18. The predicted octanol–water partition coefficient (Wildman–Crippen LogP) is 3.02. The fourth-order valence-corrected chi connectivity index (χ4v) is 3.17. The van der Waals surface area contributed by atoms with Gasteiger partial charge >= 0.3 is 0 Å². The predicted molar refractivity (Wildman–Crippen MR) is 77.7 cm³/mol. The number of para-hydroxylation sites is 1. The molecule has 0 fully saturated rings. The maximum absolute atomic E-state index is 6.34. The third-order valence-electron chi connectivity index (χ3n) is 3.46. The summed E-state index contributed by atoms with van der Waals surface area (Å²) in [6.45, 7) is 2.82. The first kappa shape index (κ1) is 12.6. The average Bonchev–Trinajstić information content (AvgIpc) is 2.83. The van der Waals surface area contributed by atoms with E-state index in [0.717, 1.165) is 47.9 Å². The molecule has 19 heavy (non-hydrogen) atoms. The van der Waals surface area contributed by atoms with Crippen molar-refractivity contribution < 1.29 is 4.74 Å². The number of fused-ring (bicyclic) bond motifs is 1. The van der Waals surface area contributed by atoms with Crippen LogP contribution in [0.25, 0.3) is 0 Å². The quantitative estimate of drug-likeness (QED) is 0.936. The highest BCUT2D eigenvalue weighted by Crippen LogP contribution is 2.33. The minimum absolute atomic E-state index is 0.0467. The standard InChI is InChI=1S/C15H18N2OS/c1-10-17-12(9-19-10)8-14(16)13-6-2-4-11-5-3-7-18-15(11)13/h2,4,6,9,14H,3,5,7-8,16H2,1H3. The number of rotatable bonds is 3. The Balaban J connectivity index is 1.85. The lowest BCUT2D eigenvalue weighted by Gasteiger charge is -2.23. The van der Waals surface area contributed by atoms with Crippen LogP contribution < -0.4 is 10.5 Å². The van der Waals surface area contributed by atoms with Crippen molar-refractivity contribution >= 4 is 11.3 Å². The van der Waals surface area contributed by atoms with Gasteiger partial charge in [-0.25, -0.2) is 4.98 Å². The summed E-state index contributed by atoms with van der Waals surface area (Å²) < 4.78 is 5.82. The molecule has 1 aliphatic heterocycles.